The molecule has 0 spiro atoms. The van der Waals surface area contributed by atoms with Gasteiger partial charge in [0.1, 0.15) is 22.3 Å². The molecule has 0 amide bonds. The largest absolute Gasteiger partial charge is 0.456 e. The second-order valence-electron chi connectivity index (χ2n) is 15.1. The molecule has 13 aromatic rings. The number of para-hydroxylation sites is 2. The van der Waals surface area contributed by atoms with Crippen LogP contribution < -0.4 is 0 Å². The minimum Gasteiger partial charge on any atom is -0.456 e. The Bertz CT molecular complexity index is 3860. The van der Waals surface area contributed by atoms with Crippen molar-refractivity contribution < 1.29 is 8.83 Å². The zero-order valence-electron chi connectivity index (χ0n) is 31.4. The van der Waals surface area contributed by atoms with Crippen molar-refractivity contribution in [1.29, 1.82) is 0 Å². The Kier molecular flexibility index (Phi) is 6.63. The van der Waals surface area contributed by atoms with Crippen molar-refractivity contribution in [2.75, 3.05) is 0 Å². The van der Waals surface area contributed by atoms with E-state index in [9.17, 15) is 0 Å². The van der Waals surface area contributed by atoms with Gasteiger partial charge in [0.05, 0.1) is 22.1 Å². The van der Waals surface area contributed by atoms with Gasteiger partial charge in [-0.1, -0.05) is 127 Å². The van der Waals surface area contributed by atoms with Gasteiger partial charge in [-0.15, -0.1) is 0 Å². The minimum atomic E-state index is 0.565. The van der Waals surface area contributed by atoms with Crippen molar-refractivity contribution in [2.45, 2.75) is 0 Å². The zero-order valence-corrected chi connectivity index (χ0v) is 31.4. The summed E-state index contributed by atoms with van der Waals surface area (Å²) in [5.41, 5.74) is 9.24. The molecule has 0 aliphatic rings. The molecule has 6 nitrogen and oxygen atoms in total. The summed E-state index contributed by atoms with van der Waals surface area (Å²) in [5, 5.41) is 11.0. The van der Waals surface area contributed by atoms with Crippen LogP contribution in [-0.4, -0.2) is 19.5 Å². The molecule has 0 saturated carbocycles. The lowest BCUT2D eigenvalue weighted by Crippen LogP contribution is -2.00. The summed E-state index contributed by atoms with van der Waals surface area (Å²) in [4.78, 5) is 15.6. The van der Waals surface area contributed by atoms with E-state index in [1.54, 1.807) is 0 Å². The summed E-state index contributed by atoms with van der Waals surface area (Å²) >= 11 is 0. The maximum Gasteiger partial charge on any atom is 0.164 e. The quantitative estimate of drug-likeness (QED) is 0.179. The molecule has 0 bridgehead atoms. The molecule has 4 heterocycles. The van der Waals surface area contributed by atoms with Crippen LogP contribution in [0.3, 0.4) is 0 Å². The summed E-state index contributed by atoms with van der Waals surface area (Å²) in [6.45, 7) is 0. The molecule has 9 aromatic carbocycles. The van der Waals surface area contributed by atoms with E-state index in [2.05, 4.69) is 132 Å². The molecule has 0 aliphatic carbocycles. The van der Waals surface area contributed by atoms with Crippen LogP contribution in [0.1, 0.15) is 0 Å². The van der Waals surface area contributed by atoms with Crippen LogP contribution in [0.25, 0.3) is 127 Å². The summed E-state index contributed by atoms with van der Waals surface area (Å²) < 4.78 is 15.6. The fourth-order valence-electron chi connectivity index (χ4n) is 9.12. The van der Waals surface area contributed by atoms with Gasteiger partial charge in [0.15, 0.2) is 17.5 Å². The highest BCUT2D eigenvalue weighted by Gasteiger charge is 2.23. The first-order valence-electron chi connectivity index (χ1n) is 19.8. The molecule has 0 unspecified atom stereocenters. The van der Waals surface area contributed by atoms with Crippen molar-refractivity contribution in [3.8, 4) is 39.9 Å². The zero-order chi connectivity index (χ0) is 38.6. The minimum absolute atomic E-state index is 0.565. The van der Waals surface area contributed by atoms with Gasteiger partial charge in [0, 0.05) is 49.0 Å². The molecular formula is C53H30N4O2. The van der Waals surface area contributed by atoms with Crippen molar-refractivity contribution in [1.82, 2.24) is 19.5 Å². The number of fused-ring (bicyclic) bond motifs is 12. The maximum atomic E-state index is 6.86. The Labute approximate surface area is 336 Å². The Hall–Kier alpha value is -8.09. The van der Waals surface area contributed by atoms with Gasteiger partial charge in [-0.3, -0.25) is 0 Å². The van der Waals surface area contributed by atoms with Crippen molar-refractivity contribution in [2.24, 2.45) is 0 Å². The standard InChI is InChI=1S/C53H30N4O2/c1-2-13-31(14-3-1)51-54-52(34-25-26-38-37-19-9-11-23-46(37)58-48(38)29-34)56-53(55-51)41-30-42-49-44(22-12-24-47(49)59-50(42)39-20-7-6-17-35(39)41)57-43-21-10-8-18-36(43)40-27-32-15-4-5-16-33(32)28-45(40)57/h1-30H. The van der Waals surface area contributed by atoms with Crippen LogP contribution >= 0.6 is 0 Å². The monoisotopic (exact) mass is 754 g/mol. The summed E-state index contributed by atoms with van der Waals surface area (Å²) in [7, 11) is 0. The topological polar surface area (TPSA) is 69.9 Å². The van der Waals surface area contributed by atoms with Gasteiger partial charge in [-0.2, -0.15) is 0 Å². The Morgan fingerprint density at radius 2 is 1.02 bits per heavy atom. The first kappa shape index (κ1) is 32.0. The van der Waals surface area contributed by atoms with E-state index in [-0.39, 0.29) is 0 Å². The maximum absolute atomic E-state index is 6.86. The Morgan fingerprint density at radius 1 is 0.356 bits per heavy atom. The summed E-state index contributed by atoms with van der Waals surface area (Å²) in [5.74, 6) is 1.73. The average molecular weight is 755 g/mol. The molecule has 0 aliphatic heterocycles. The number of nitrogens with zero attached hydrogens (tertiary/aromatic N) is 4. The highest BCUT2D eigenvalue weighted by atomic mass is 16.3. The fourth-order valence-corrected chi connectivity index (χ4v) is 9.12. The van der Waals surface area contributed by atoms with Crippen LogP contribution in [0.15, 0.2) is 191 Å². The van der Waals surface area contributed by atoms with Gasteiger partial charge in [0.2, 0.25) is 0 Å². The van der Waals surface area contributed by atoms with Crippen LogP contribution in [0.4, 0.5) is 0 Å². The Balaban J connectivity index is 1.10. The van der Waals surface area contributed by atoms with Crippen molar-refractivity contribution >= 4 is 87.2 Å². The molecule has 4 aromatic heterocycles. The highest BCUT2D eigenvalue weighted by Crippen LogP contribution is 2.44. The normalized spacial score (nSPS) is 12.1. The van der Waals surface area contributed by atoms with E-state index >= 15 is 0 Å². The lowest BCUT2D eigenvalue weighted by molar-refractivity contribution is 0.669. The summed E-state index contributed by atoms with van der Waals surface area (Å²) in [6.07, 6.45) is 0. The lowest BCUT2D eigenvalue weighted by atomic mass is 9.99. The molecule has 0 N–H and O–H groups in total. The molecule has 0 radical (unpaired) electrons. The third-order valence-corrected chi connectivity index (χ3v) is 11.8. The van der Waals surface area contributed by atoms with Crippen LogP contribution in [0.5, 0.6) is 0 Å². The van der Waals surface area contributed by atoms with Crippen LogP contribution in [0.2, 0.25) is 0 Å². The third-order valence-electron chi connectivity index (χ3n) is 11.8. The number of hydrogen-bond donors (Lipinski definition) is 0. The number of benzene rings is 9. The average Bonchev–Trinajstić information content (AvgIpc) is 3.97. The predicted octanol–water partition coefficient (Wildman–Crippen LogP) is 14.1. The molecular weight excluding hydrogens is 725 g/mol. The smallest absolute Gasteiger partial charge is 0.164 e. The van der Waals surface area contributed by atoms with E-state index in [4.69, 9.17) is 23.8 Å². The van der Waals surface area contributed by atoms with E-state index < -0.39 is 0 Å². The van der Waals surface area contributed by atoms with Crippen molar-refractivity contribution in [3.63, 3.8) is 0 Å². The summed E-state index contributed by atoms with van der Waals surface area (Å²) in [6, 6.07) is 63.3. The molecule has 274 valence electrons. The number of aromatic nitrogens is 4. The number of furan rings is 2. The van der Waals surface area contributed by atoms with Gasteiger partial charge < -0.3 is 13.4 Å². The van der Waals surface area contributed by atoms with E-state index in [1.807, 2.05) is 54.6 Å². The first-order chi connectivity index (χ1) is 29.2. The molecule has 0 saturated heterocycles. The van der Waals surface area contributed by atoms with E-state index in [0.29, 0.717) is 17.5 Å². The SMILES string of the molecule is c1ccc(-c2nc(-c3ccc4c(c3)oc3ccccc34)nc(-c3cc4c(oc5cccc(-n6c7ccccc7c7cc8ccccc8cc76)c54)c4ccccc34)n2)cc1. The third kappa shape index (κ3) is 4.77. The fraction of sp³-hybridized carbons (Fsp3) is 0. The first-order valence-corrected chi connectivity index (χ1v) is 19.8. The second-order valence-corrected chi connectivity index (χ2v) is 15.1. The van der Waals surface area contributed by atoms with Crippen molar-refractivity contribution in [3.05, 3.63) is 182 Å². The van der Waals surface area contributed by atoms with Crippen LogP contribution in [-0.2, 0) is 0 Å². The van der Waals surface area contributed by atoms with Gasteiger partial charge in [0.25, 0.3) is 0 Å². The van der Waals surface area contributed by atoms with Gasteiger partial charge in [-0.25, -0.2) is 15.0 Å². The molecule has 0 fully saturated rings. The molecule has 13 rings (SSSR count). The number of hydrogen-bond acceptors (Lipinski definition) is 5. The van der Waals surface area contributed by atoms with Crippen LogP contribution in [0, 0.1) is 0 Å². The second kappa shape index (κ2) is 12.2. The molecule has 0 atom stereocenters. The molecule has 59 heavy (non-hydrogen) atoms. The van der Waals surface area contributed by atoms with Gasteiger partial charge >= 0.3 is 0 Å². The lowest BCUT2D eigenvalue weighted by Gasteiger charge is -2.12. The van der Waals surface area contributed by atoms with E-state index in [0.717, 1.165) is 88.1 Å². The number of rotatable bonds is 4. The highest BCUT2D eigenvalue weighted by molar-refractivity contribution is 6.22. The predicted molar refractivity (Wildman–Crippen MR) is 240 cm³/mol. The molecule has 6 heteroatoms. The van der Waals surface area contributed by atoms with E-state index in [1.165, 1.54) is 21.5 Å². The van der Waals surface area contributed by atoms with Gasteiger partial charge in [-0.05, 0) is 70.8 Å². The Morgan fingerprint density at radius 3 is 1.88 bits per heavy atom.